The van der Waals surface area contributed by atoms with E-state index in [9.17, 15) is 20.0 Å². The molecule has 8 heteroatoms. The number of amides is 1. The molecule has 2 aromatic heterocycles. The van der Waals surface area contributed by atoms with E-state index in [-0.39, 0.29) is 18.1 Å². The molecule has 1 aliphatic heterocycles. The summed E-state index contributed by atoms with van der Waals surface area (Å²) >= 11 is 0. The predicted octanol–water partition coefficient (Wildman–Crippen LogP) is 3.35. The van der Waals surface area contributed by atoms with Crippen LogP contribution >= 0.6 is 0 Å². The molecule has 1 amide bonds. The SMILES string of the molecule is Cn1cc(-c2cccc(-n3c(C4CN(C#N)C4)cc4cc(C5CC5)ccc4c3=O)c2CO)cc1C(N)=O. The second-order valence-corrected chi connectivity index (χ2v) is 10.1. The van der Waals surface area contributed by atoms with E-state index in [1.807, 2.05) is 30.3 Å². The largest absolute Gasteiger partial charge is 0.392 e. The Hall–Kier alpha value is -4.35. The Morgan fingerprint density at radius 2 is 1.92 bits per heavy atom. The van der Waals surface area contributed by atoms with Crippen molar-refractivity contribution in [2.24, 2.45) is 12.8 Å². The molecule has 1 aliphatic carbocycles. The lowest BCUT2D eigenvalue weighted by Gasteiger charge is -2.36. The summed E-state index contributed by atoms with van der Waals surface area (Å²) in [6.45, 7) is 0.781. The van der Waals surface area contributed by atoms with E-state index in [4.69, 9.17) is 5.73 Å². The number of nitriles is 1. The zero-order valence-electron chi connectivity index (χ0n) is 20.5. The van der Waals surface area contributed by atoms with Crippen molar-refractivity contribution in [1.29, 1.82) is 5.26 Å². The van der Waals surface area contributed by atoms with Crippen LogP contribution in [0.4, 0.5) is 0 Å². The molecular weight excluding hydrogens is 466 g/mol. The minimum Gasteiger partial charge on any atom is -0.392 e. The molecule has 1 saturated heterocycles. The third kappa shape index (κ3) is 3.79. The van der Waals surface area contributed by atoms with Gasteiger partial charge in [-0.3, -0.25) is 14.2 Å². The fourth-order valence-corrected chi connectivity index (χ4v) is 5.50. The van der Waals surface area contributed by atoms with Crippen molar-refractivity contribution in [2.45, 2.75) is 31.3 Å². The first-order valence-corrected chi connectivity index (χ1v) is 12.4. The topological polar surface area (TPSA) is 117 Å². The molecule has 37 heavy (non-hydrogen) atoms. The first-order chi connectivity index (χ1) is 17.9. The Labute approximate surface area is 213 Å². The van der Waals surface area contributed by atoms with Gasteiger partial charge in [0.05, 0.1) is 12.3 Å². The molecule has 1 saturated carbocycles. The minimum atomic E-state index is -0.541. The van der Waals surface area contributed by atoms with E-state index in [1.54, 1.807) is 33.3 Å². The molecule has 3 N–H and O–H groups in total. The summed E-state index contributed by atoms with van der Waals surface area (Å²) in [6, 6.07) is 15.4. The van der Waals surface area contributed by atoms with Gasteiger partial charge in [-0.05, 0) is 59.5 Å². The second kappa shape index (κ2) is 8.64. The number of nitrogens with two attached hydrogens (primary N) is 1. The van der Waals surface area contributed by atoms with Gasteiger partial charge in [-0.1, -0.05) is 24.3 Å². The molecule has 8 nitrogen and oxygen atoms in total. The molecule has 2 fully saturated rings. The molecule has 3 heterocycles. The summed E-state index contributed by atoms with van der Waals surface area (Å²) in [4.78, 5) is 27.6. The highest BCUT2D eigenvalue weighted by Crippen LogP contribution is 2.41. The zero-order valence-corrected chi connectivity index (χ0v) is 20.5. The molecule has 6 rings (SSSR count). The van der Waals surface area contributed by atoms with E-state index >= 15 is 0 Å². The molecular formula is C29H27N5O3. The van der Waals surface area contributed by atoms with Gasteiger partial charge in [-0.25, -0.2) is 0 Å². The van der Waals surface area contributed by atoms with E-state index in [0.29, 0.717) is 41.3 Å². The van der Waals surface area contributed by atoms with E-state index < -0.39 is 5.91 Å². The van der Waals surface area contributed by atoms with E-state index in [2.05, 4.69) is 18.3 Å². The van der Waals surface area contributed by atoms with Crippen LogP contribution < -0.4 is 11.3 Å². The van der Waals surface area contributed by atoms with Crippen molar-refractivity contribution in [1.82, 2.24) is 14.0 Å². The average molecular weight is 494 g/mol. The third-order valence-corrected chi connectivity index (χ3v) is 7.68. The number of hydrogen-bond acceptors (Lipinski definition) is 5. The maximum atomic E-state index is 14.0. The number of fused-ring (bicyclic) bond motifs is 1. The number of hydrogen-bond donors (Lipinski definition) is 2. The zero-order chi connectivity index (χ0) is 25.8. The number of rotatable bonds is 6. The van der Waals surface area contributed by atoms with Gasteiger partial charge >= 0.3 is 0 Å². The van der Waals surface area contributed by atoms with Crippen LogP contribution in [-0.4, -0.2) is 38.1 Å². The minimum absolute atomic E-state index is 0.00900. The van der Waals surface area contributed by atoms with Gasteiger partial charge in [-0.2, -0.15) is 5.26 Å². The maximum Gasteiger partial charge on any atom is 0.265 e. The third-order valence-electron chi connectivity index (χ3n) is 7.68. The summed E-state index contributed by atoms with van der Waals surface area (Å²) in [5.74, 6) is 0.0395. The lowest BCUT2D eigenvalue weighted by Crippen LogP contribution is -2.43. The van der Waals surface area contributed by atoms with Crippen LogP contribution in [0, 0.1) is 11.5 Å². The number of aliphatic hydroxyl groups is 1. The number of carbonyl (C=O) groups is 1. The van der Waals surface area contributed by atoms with Crippen LogP contribution in [-0.2, 0) is 13.7 Å². The first kappa shape index (κ1) is 23.1. The monoisotopic (exact) mass is 493 g/mol. The Balaban J connectivity index is 1.57. The van der Waals surface area contributed by atoms with Crippen LogP contribution in [0.3, 0.4) is 0 Å². The first-order valence-electron chi connectivity index (χ1n) is 12.4. The second-order valence-electron chi connectivity index (χ2n) is 10.1. The summed E-state index contributed by atoms with van der Waals surface area (Å²) in [6.07, 6.45) is 6.33. The van der Waals surface area contributed by atoms with Crippen molar-refractivity contribution < 1.29 is 9.90 Å². The number of aryl methyl sites for hydroxylation is 1. The Morgan fingerprint density at radius 1 is 1.14 bits per heavy atom. The molecule has 2 aromatic carbocycles. The molecule has 0 spiro atoms. The normalized spacial score (nSPS) is 15.5. The number of benzene rings is 2. The van der Waals surface area contributed by atoms with Gasteiger partial charge in [0.2, 0.25) is 0 Å². The fourth-order valence-electron chi connectivity index (χ4n) is 5.50. The van der Waals surface area contributed by atoms with Gasteiger partial charge in [0.1, 0.15) is 5.69 Å². The number of primary amides is 1. The van der Waals surface area contributed by atoms with Gasteiger partial charge < -0.3 is 20.3 Å². The number of likely N-dealkylation sites (tertiary alicyclic amines) is 1. The van der Waals surface area contributed by atoms with Crippen LogP contribution in [0.5, 0.6) is 0 Å². The highest BCUT2D eigenvalue weighted by Gasteiger charge is 2.32. The molecule has 4 aromatic rings. The molecule has 186 valence electrons. The lowest BCUT2D eigenvalue weighted by atomic mass is 9.92. The van der Waals surface area contributed by atoms with E-state index in [1.165, 1.54) is 18.4 Å². The van der Waals surface area contributed by atoms with Crippen LogP contribution in [0.1, 0.15) is 52.0 Å². The molecule has 0 bridgehead atoms. The molecule has 0 atom stereocenters. The van der Waals surface area contributed by atoms with Crippen molar-refractivity contribution in [3.8, 4) is 23.0 Å². The summed E-state index contributed by atoms with van der Waals surface area (Å²) in [7, 11) is 1.74. The van der Waals surface area contributed by atoms with Gasteiger partial charge in [0.15, 0.2) is 6.19 Å². The van der Waals surface area contributed by atoms with Crippen LogP contribution in [0.2, 0.25) is 0 Å². The van der Waals surface area contributed by atoms with E-state index in [0.717, 1.165) is 22.2 Å². The van der Waals surface area contributed by atoms with Gasteiger partial charge in [0, 0.05) is 54.5 Å². The summed E-state index contributed by atoms with van der Waals surface area (Å²) < 4.78 is 3.35. The summed E-state index contributed by atoms with van der Waals surface area (Å²) in [5.41, 5.74) is 10.4. The Kier molecular flexibility index (Phi) is 5.39. The van der Waals surface area contributed by atoms with Gasteiger partial charge in [-0.15, -0.1) is 0 Å². The number of aromatic nitrogens is 2. The van der Waals surface area contributed by atoms with Crippen LogP contribution in [0.25, 0.3) is 27.6 Å². The summed E-state index contributed by atoms with van der Waals surface area (Å²) in [5, 5.41) is 21.4. The van der Waals surface area contributed by atoms with Gasteiger partial charge in [0.25, 0.3) is 11.5 Å². The Bertz CT molecular complexity index is 1670. The molecule has 2 aliphatic rings. The highest BCUT2D eigenvalue weighted by atomic mass is 16.3. The molecule has 0 unspecified atom stereocenters. The fraction of sp³-hybridized carbons (Fsp3) is 0.276. The van der Waals surface area contributed by atoms with Crippen LogP contribution in [0.15, 0.2) is 59.5 Å². The Morgan fingerprint density at radius 3 is 2.57 bits per heavy atom. The predicted molar refractivity (Wildman–Crippen MR) is 140 cm³/mol. The number of nitrogens with zero attached hydrogens (tertiary/aromatic N) is 4. The highest BCUT2D eigenvalue weighted by molar-refractivity contribution is 5.93. The van der Waals surface area contributed by atoms with Crippen molar-refractivity contribution >= 4 is 16.7 Å². The number of aliphatic hydroxyl groups excluding tert-OH is 1. The molecule has 0 radical (unpaired) electrons. The average Bonchev–Trinajstić information content (AvgIpc) is 3.64. The number of carbonyl (C=O) groups excluding carboxylic acids is 1. The van der Waals surface area contributed by atoms with Crippen molar-refractivity contribution in [3.63, 3.8) is 0 Å². The standard InChI is InChI=1S/C29H27N5O3/c1-32-12-20(11-27(32)28(31)36)22-3-2-4-25(24(22)15-35)34-26(21-13-33(14-21)16-30)10-19-9-18(17-5-6-17)7-8-23(19)29(34)37/h2-4,7-12,17,21,35H,5-6,13-15H2,1H3,(H2,31,36). The lowest BCUT2D eigenvalue weighted by molar-refractivity contribution is 0.0992. The van der Waals surface area contributed by atoms with Crippen molar-refractivity contribution in [2.75, 3.05) is 13.1 Å². The maximum absolute atomic E-state index is 14.0. The van der Waals surface area contributed by atoms with Crippen molar-refractivity contribution in [3.05, 3.63) is 87.6 Å². The quantitative estimate of drug-likeness (QED) is 0.400. The smallest absolute Gasteiger partial charge is 0.265 e. The number of pyridine rings is 1.